The van der Waals surface area contributed by atoms with Crippen LogP contribution in [0.5, 0.6) is 0 Å². The summed E-state index contributed by atoms with van der Waals surface area (Å²) < 4.78 is 40.1. The summed E-state index contributed by atoms with van der Waals surface area (Å²) in [4.78, 5) is 8.86. The minimum Gasteiger partial charge on any atom is -0.367 e. The van der Waals surface area contributed by atoms with Gasteiger partial charge in [-0.05, 0) is 37.1 Å². The monoisotopic (exact) mass is 444 g/mol. The van der Waals surface area contributed by atoms with Crippen LogP contribution in [0.2, 0.25) is 5.02 Å². The first kappa shape index (κ1) is 21.3. The summed E-state index contributed by atoms with van der Waals surface area (Å²) in [6.45, 7) is 0.341. The van der Waals surface area contributed by atoms with Crippen LogP contribution < -0.4 is 10.6 Å². The maximum absolute atomic E-state index is 13.4. The Kier molecular flexibility index (Phi) is 6.19. The zero-order chi connectivity index (χ0) is 21.8. The van der Waals surface area contributed by atoms with E-state index in [9.17, 15) is 13.2 Å². The maximum atomic E-state index is 13.4. The third-order valence-corrected chi connectivity index (χ3v) is 5.47. The summed E-state index contributed by atoms with van der Waals surface area (Å²) in [6.07, 6.45) is 4.65. The van der Waals surface area contributed by atoms with Crippen LogP contribution in [0.1, 0.15) is 25.7 Å². The van der Waals surface area contributed by atoms with Gasteiger partial charge in [0.15, 0.2) is 0 Å². The number of nitrogens with zero attached hydrogens (tertiary/aromatic N) is 2. The molecule has 4 rings (SSSR count). The van der Waals surface area contributed by atoms with Crippen LogP contribution in [0.4, 0.5) is 24.8 Å². The van der Waals surface area contributed by atoms with Crippen molar-refractivity contribution in [1.29, 1.82) is 0 Å². The molecule has 0 atom stereocenters. The van der Waals surface area contributed by atoms with Crippen molar-refractivity contribution in [3.05, 3.63) is 70.5 Å². The highest BCUT2D eigenvalue weighted by atomic mass is 35.5. The Labute approximate surface area is 183 Å². The zero-order valence-corrected chi connectivity index (χ0v) is 17.3. The van der Waals surface area contributed by atoms with Crippen LogP contribution in [0.3, 0.4) is 0 Å². The van der Waals surface area contributed by atoms with Crippen molar-refractivity contribution in [3.63, 3.8) is 0 Å². The average molecular weight is 445 g/mol. The molecule has 2 N–H and O–H groups in total. The minimum atomic E-state index is -2.57. The molecule has 2 aromatic rings. The van der Waals surface area contributed by atoms with E-state index in [1.807, 2.05) is 12.1 Å². The summed E-state index contributed by atoms with van der Waals surface area (Å²) in [6, 6.07) is 7.17. The van der Waals surface area contributed by atoms with E-state index in [-0.39, 0.29) is 24.7 Å². The zero-order valence-electron chi connectivity index (χ0n) is 16.6. The third kappa shape index (κ3) is 5.59. The Balaban J connectivity index is 1.48. The number of rotatable bonds is 6. The van der Waals surface area contributed by atoms with Crippen molar-refractivity contribution in [1.82, 2.24) is 9.97 Å². The molecule has 1 fully saturated rings. The van der Waals surface area contributed by atoms with Crippen LogP contribution in [0.25, 0.3) is 11.3 Å². The summed E-state index contributed by atoms with van der Waals surface area (Å²) in [5.74, 6) is -1.79. The fraction of sp³-hybridized carbons (Fsp3) is 0.304. The highest BCUT2D eigenvalue weighted by Crippen LogP contribution is 2.35. The van der Waals surface area contributed by atoms with Gasteiger partial charge in [0.25, 0.3) is 0 Å². The molecule has 0 spiro atoms. The van der Waals surface area contributed by atoms with Gasteiger partial charge in [-0.15, -0.1) is 0 Å². The van der Waals surface area contributed by atoms with Gasteiger partial charge in [0, 0.05) is 48.8 Å². The molecule has 0 aliphatic heterocycles. The molecule has 2 heterocycles. The van der Waals surface area contributed by atoms with Crippen molar-refractivity contribution in [2.24, 2.45) is 0 Å². The SMILES string of the molecule is FC1=CC(CNc2cccc(-c3cc(NC4CCC(F)(F)CC4)ncc3Cl)n2)=C=C=C1. The lowest BCUT2D eigenvalue weighted by atomic mass is 9.92. The molecule has 1 saturated carbocycles. The first-order valence-electron chi connectivity index (χ1n) is 9.97. The smallest absolute Gasteiger partial charge is 0.248 e. The van der Waals surface area contributed by atoms with Gasteiger partial charge in [0.1, 0.15) is 17.5 Å². The number of alkyl halides is 2. The van der Waals surface area contributed by atoms with E-state index in [1.54, 1.807) is 12.1 Å². The van der Waals surface area contributed by atoms with Crippen LogP contribution >= 0.6 is 11.6 Å². The molecule has 8 heteroatoms. The van der Waals surface area contributed by atoms with E-state index in [0.717, 1.165) is 0 Å². The van der Waals surface area contributed by atoms with Crippen LogP contribution in [0.15, 0.2) is 65.5 Å². The molecule has 31 heavy (non-hydrogen) atoms. The van der Waals surface area contributed by atoms with Gasteiger partial charge in [-0.2, -0.15) is 0 Å². The molecule has 0 bridgehead atoms. The second-order valence-corrected chi connectivity index (χ2v) is 7.96. The van der Waals surface area contributed by atoms with Gasteiger partial charge in [-0.3, -0.25) is 0 Å². The summed E-state index contributed by atoms with van der Waals surface area (Å²) >= 11 is 6.35. The number of nitrogens with one attached hydrogen (secondary N) is 2. The number of allylic oxidation sites excluding steroid dienone is 2. The molecule has 2 aromatic heterocycles. The number of pyridine rings is 2. The normalized spacial score (nSPS) is 17.8. The maximum Gasteiger partial charge on any atom is 0.248 e. The lowest BCUT2D eigenvalue weighted by Crippen LogP contribution is -2.32. The predicted octanol–water partition coefficient (Wildman–Crippen LogP) is 6.30. The molecule has 0 unspecified atom stereocenters. The lowest BCUT2D eigenvalue weighted by molar-refractivity contribution is -0.0361. The van der Waals surface area contributed by atoms with E-state index < -0.39 is 5.92 Å². The Morgan fingerprint density at radius 3 is 2.77 bits per heavy atom. The Hall–Kier alpha value is -2.98. The van der Waals surface area contributed by atoms with Crippen molar-refractivity contribution in [2.45, 2.75) is 37.6 Å². The number of hydrogen-bond acceptors (Lipinski definition) is 4. The van der Waals surface area contributed by atoms with Crippen molar-refractivity contribution >= 4 is 23.2 Å². The first-order valence-corrected chi connectivity index (χ1v) is 10.3. The molecule has 4 nitrogen and oxygen atoms in total. The fourth-order valence-corrected chi connectivity index (χ4v) is 3.71. The van der Waals surface area contributed by atoms with E-state index in [4.69, 9.17) is 11.6 Å². The molecular weight excluding hydrogens is 425 g/mol. The highest BCUT2D eigenvalue weighted by molar-refractivity contribution is 6.33. The second-order valence-electron chi connectivity index (χ2n) is 7.55. The molecule has 160 valence electrons. The highest BCUT2D eigenvalue weighted by Gasteiger charge is 2.34. The van der Waals surface area contributed by atoms with Gasteiger partial charge in [0.05, 0.1) is 10.7 Å². The molecule has 0 radical (unpaired) electrons. The molecule has 0 amide bonds. The Morgan fingerprint density at radius 2 is 2.00 bits per heavy atom. The van der Waals surface area contributed by atoms with E-state index in [1.165, 1.54) is 18.3 Å². The van der Waals surface area contributed by atoms with Gasteiger partial charge in [-0.1, -0.05) is 29.1 Å². The molecule has 0 aromatic carbocycles. The van der Waals surface area contributed by atoms with Crippen LogP contribution in [-0.4, -0.2) is 28.5 Å². The Bertz CT molecular complexity index is 1110. The van der Waals surface area contributed by atoms with Crippen molar-refractivity contribution < 1.29 is 13.2 Å². The Morgan fingerprint density at radius 1 is 1.19 bits per heavy atom. The van der Waals surface area contributed by atoms with E-state index >= 15 is 0 Å². The van der Waals surface area contributed by atoms with Crippen LogP contribution in [0, 0.1) is 0 Å². The summed E-state index contributed by atoms with van der Waals surface area (Å²) in [7, 11) is 0. The number of halogens is 4. The predicted molar refractivity (Wildman–Crippen MR) is 116 cm³/mol. The van der Waals surface area contributed by atoms with Gasteiger partial charge in [-0.25, -0.2) is 23.1 Å². The number of aromatic nitrogens is 2. The van der Waals surface area contributed by atoms with Gasteiger partial charge < -0.3 is 10.6 Å². The standard InChI is InChI=1S/C23H20ClF3N4/c24-19-14-29-22(30-17-7-9-23(26,27)10-8-17)12-18(19)20-5-2-6-21(31-20)28-13-15-3-1-4-16(25)11-15/h2,4-6,11-12,14,17H,7-10,13H2,(H,28,31)(H,29,30). The average Bonchev–Trinajstić information content (AvgIpc) is 2.75. The molecular formula is C23H20ClF3N4. The molecule has 0 saturated heterocycles. The molecule has 2 aliphatic carbocycles. The minimum absolute atomic E-state index is 0.0542. The van der Waals surface area contributed by atoms with Crippen LogP contribution in [-0.2, 0) is 0 Å². The second kappa shape index (κ2) is 9.03. The third-order valence-electron chi connectivity index (χ3n) is 5.16. The first-order chi connectivity index (χ1) is 14.9. The number of anilines is 2. The largest absolute Gasteiger partial charge is 0.367 e. The molecule has 2 aliphatic rings. The quantitative estimate of drug-likeness (QED) is 0.513. The van der Waals surface area contributed by atoms with E-state index in [2.05, 4.69) is 32.1 Å². The van der Waals surface area contributed by atoms with Crippen molar-refractivity contribution in [2.75, 3.05) is 17.2 Å². The summed E-state index contributed by atoms with van der Waals surface area (Å²) in [5.41, 5.74) is 7.40. The fourth-order valence-electron chi connectivity index (χ4n) is 3.51. The topological polar surface area (TPSA) is 49.8 Å². The van der Waals surface area contributed by atoms with Gasteiger partial charge in [0.2, 0.25) is 5.92 Å². The lowest BCUT2D eigenvalue weighted by Gasteiger charge is -2.29. The van der Waals surface area contributed by atoms with Crippen molar-refractivity contribution in [3.8, 4) is 11.3 Å². The van der Waals surface area contributed by atoms with E-state index in [0.29, 0.717) is 52.9 Å². The van der Waals surface area contributed by atoms with Gasteiger partial charge >= 0.3 is 0 Å². The number of hydrogen-bond donors (Lipinski definition) is 2. The summed E-state index contributed by atoms with van der Waals surface area (Å²) in [5, 5.41) is 6.79.